The van der Waals surface area contributed by atoms with Crippen LogP contribution in [0, 0.1) is 0 Å². The van der Waals surface area contributed by atoms with Gasteiger partial charge < -0.3 is 14.9 Å². The second-order valence-electron chi connectivity index (χ2n) is 7.48. The summed E-state index contributed by atoms with van der Waals surface area (Å²) < 4.78 is 7.72. The molecule has 1 saturated carbocycles. The van der Waals surface area contributed by atoms with Crippen LogP contribution in [0.4, 0.5) is 0 Å². The number of ether oxygens (including phenoxy) is 1. The van der Waals surface area contributed by atoms with E-state index in [1.54, 1.807) is 10.6 Å². The van der Waals surface area contributed by atoms with E-state index in [0.29, 0.717) is 6.54 Å². The van der Waals surface area contributed by atoms with Gasteiger partial charge in [-0.3, -0.25) is 4.57 Å². The highest BCUT2D eigenvalue weighted by Gasteiger charge is 2.77. The smallest absolute Gasteiger partial charge is 0.198 e. The number of epoxide rings is 1. The van der Waals surface area contributed by atoms with Crippen molar-refractivity contribution in [2.45, 2.75) is 75.0 Å². The summed E-state index contributed by atoms with van der Waals surface area (Å²) in [5.41, 5.74) is 2.02. The molecule has 5 heteroatoms. The highest BCUT2D eigenvalue weighted by Crippen LogP contribution is 2.73. The monoisotopic (exact) mass is 333 g/mol. The van der Waals surface area contributed by atoms with Gasteiger partial charge in [0.2, 0.25) is 0 Å². The van der Waals surface area contributed by atoms with E-state index in [1.807, 2.05) is 0 Å². The van der Waals surface area contributed by atoms with Gasteiger partial charge in [-0.2, -0.15) is 0 Å². The molecule has 2 heterocycles. The Morgan fingerprint density at radius 1 is 1.26 bits per heavy atom. The molecule has 1 aliphatic heterocycles. The van der Waals surface area contributed by atoms with Gasteiger partial charge >= 0.3 is 0 Å². The predicted octanol–water partition coefficient (Wildman–Crippen LogP) is 3.64. The molecule has 126 valence electrons. The van der Waals surface area contributed by atoms with Gasteiger partial charge in [0, 0.05) is 28.6 Å². The quantitative estimate of drug-likeness (QED) is 0.475. The number of allylic oxidation sites excluding steroid dienone is 1. The topological polar surface area (TPSA) is 57.9 Å². The Morgan fingerprint density at radius 3 is 2.48 bits per heavy atom. The zero-order valence-corrected chi connectivity index (χ0v) is 15.3. The minimum atomic E-state index is -1.66. The standard InChI is InChI=1S/C18H27NO3Si/c1-5-9-19-16(20)12-11-10-18(13(12)17(19)21,15-14(11)22-15)23(6-2,7-3)8-4/h5,11,14-15,20-21H,1,6-10H2,2-4H3. The van der Waals surface area contributed by atoms with Crippen LogP contribution in [-0.2, 0) is 16.3 Å². The van der Waals surface area contributed by atoms with Gasteiger partial charge in [0.15, 0.2) is 11.8 Å². The van der Waals surface area contributed by atoms with Crippen LogP contribution in [-0.4, -0.2) is 35.1 Å². The lowest BCUT2D eigenvalue weighted by Crippen LogP contribution is -2.56. The van der Waals surface area contributed by atoms with Crippen LogP contribution >= 0.6 is 0 Å². The normalized spacial score (nSPS) is 33.6. The molecule has 0 radical (unpaired) electrons. The summed E-state index contributed by atoms with van der Waals surface area (Å²) in [6.45, 7) is 11.1. The average molecular weight is 334 g/mol. The fraction of sp³-hybridized carbons (Fsp3) is 0.667. The van der Waals surface area contributed by atoms with E-state index in [4.69, 9.17) is 4.74 Å². The number of aromatic nitrogens is 1. The number of hydrogen-bond donors (Lipinski definition) is 2. The minimum absolute atomic E-state index is 0.0100. The molecule has 1 aromatic heterocycles. The van der Waals surface area contributed by atoms with Crippen molar-refractivity contribution in [3.05, 3.63) is 23.8 Å². The van der Waals surface area contributed by atoms with Crippen LogP contribution < -0.4 is 0 Å². The zero-order chi connectivity index (χ0) is 16.6. The van der Waals surface area contributed by atoms with Crippen molar-refractivity contribution in [1.29, 1.82) is 0 Å². The summed E-state index contributed by atoms with van der Waals surface area (Å²) in [5, 5.41) is 21.7. The van der Waals surface area contributed by atoms with E-state index in [2.05, 4.69) is 27.4 Å². The molecule has 0 spiro atoms. The van der Waals surface area contributed by atoms with Gasteiger partial charge in [-0.1, -0.05) is 45.0 Å². The van der Waals surface area contributed by atoms with E-state index in [-0.39, 0.29) is 34.9 Å². The molecule has 0 aromatic carbocycles. The highest BCUT2D eigenvalue weighted by atomic mass is 28.3. The van der Waals surface area contributed by atoms with Gasteiger partial charge in [0.1, 0.15) is 0 Å². The first-order valence-corrected chi connectivity index (χ1v) is 11.6. The molecule has 1 saturated heterocycles. The van der Waals surface area contributed by atoms with Gasteiger partial charge in [0.05, 0.1) is 20.3 Å². The number of rotatable bonds is 6. The average Bonchev–Trinajstić information content (AvgIpc) is 3.15. The molecular formula is C18H27NO3Si. The molecule has 0 amide bonds. The maximum atomic E-state index is 11.0. The first-order chi connectivity index (χ1) is 11.0. The Bertz CT molecular complexity index is 670. The van der Waals surface area contributed by atoms with Crippen molar-refractivity contribution in [2.75, 3.05) is 0 Å². The minimum Gasteiger partial charge on any atom is -0.494 e. The Morgan fingerprint density at radius 2 is 1.91 bits per heavy atom. The maximum absolute atomic E-state index is 11.0. The van der Waals surface area contributed by atoms with Crippen LogP contribution in [0.15, 0.2) is 12.7 Å². The van der Waals surface area contributed by atoms with Crippen LogP contribution in [0.2, 0.25) is 18.1 Å². The Kier molecular flexibility index (Phi) is 3.11. The molecule has 4 nitrogen and oxygen atoms in total. The third-order valence-corrected chi connectivity index (χ3v) is 14.0. The van der Waals surface area contributed by atoms with Crippen LogP contribution in [0.3, 0.4) is 0 Å². The Labute approximate surface area is 138 Å². The van der Waals surface area contributed by atoms with Crippen molar-refractivity contribution in [1.82, 2.24) is 4.57 Å². The summed E-state index contributed by atoms with van der Waals surface area (Å²) in [6, 6.07) is 3.60. The molecule has 4 atom stereocenters. The molecule has 1 aromatic rings. The van der Waals surface area contributed by atoms with Crippen LogP contribution in [0.1, 0.15) is 44.2 Å². The second-order valence-corrected chi connectivity index (χ2v) is 13.1. The van der Waals surface area contributed by atoms with Crippen LogP contribution in [0.25, 0.3) is 0 Å². The number of hydrogen-bond acceptors (Lipinski definition) is 3. The largest absolute Gasteiger partial charge is 0.494 e. The maximum Gasteiger partial charge on any atom is 0.198 e. The third kappa shape index (κ3) is 1.47. The fourth-order valence-corrected chi connectivity index (χ4v) is 11.8. The van der Waals surface area contributed by atoms with E-state index in [1.165, 1.54) is 18.1 Å². The van der Waals surface area contributed by atoms with Gasteiger partial charge in [-0.25, -0.2) is 0 Å². The lowest BCUT2D eigenvalue weighted by Gasteiger charge is -2.45. The first-order valence-electron chi connectivity index (χ1n) is 8.94. The highest BCUT2D eigenvalue weighted by molar-refractivity contribution is 6.83. The predicted molar refractivity (Wildman–Crippen MR) is 92.9 cm³/mol. The van der Waals surface area contributed by atoms with Gasteiger partial charge in [0.25, 0.3) is 0 Å². The number of aromatic hydroxyl groups is 2. The molecular weight excluding hydrogens is 306 g/mol. The van der Waals surface area contributed by atoms with Crippen LogP contribution in [0.5, 0.6) is 11.8 Å². The Hall–Kier alpha value is -1.20. The van der Waals surface area contributed by atoms with Gasteiger partial charge in [-0.05, 0) is 6.42 Å². The molecule has 4 rings (SSSR count). The van der Waals surface area contributed by atoms with Crippen molar-refractivity contribution in [2.24, 2.45) is 0 Å². The summed E-state index contributed by atoms with van der Waals surface area (Å²) in [4.78, 5) is 0. The van der Waals surface area contributed by atoms with E-state index >= 15 is 0 Å². The summed E-state index contributed by atoms with van der Waals surface area (Å²) in [7, 11) is -1.66. The lowest BCUT2D eigenvalue weighted by molar-refractivity contribution is 0.266. The number of nitrogens with zero attached hydrogens (tertiary/aromatic N) is 1. The molecule has 4 unspecified atom stereocenters. The summed E-state index contributed by atoms with van der Waals surface area (Å²) in [6.07, 6.45) is 3.34. The molecule has 2 N–H and O–H groups in total. The van der Waals surface area contributed by atoms with Gasteiger partial charge in [-0.15, -0.1) is 6.58 Å². The van der Waals surface area contributed by atoms with E-state index in [0.717, 1.165) is 17.5 Å². The Balaban J connectivity index is 1.98. The zero-order valence-electron chi connectivity index (χ0n) is 14.3. The van der Waals surface area contributed by atoms with E-state index in [9.17, 15) is 10.2 Å². The van der Waals surface area contributed by atoms with Crippen molar-refractivity contribution in [3.63, 3.8) is 0 Å². The number of fused-ring (bicyclic) bond motifs is 8. The third-order valence-electron chi connectivity index (χ3n) is 7.30. The molecule has 2 aliphatic carbocycles. The van der Waals surface area contributed by atoms with Crippen molar-refractivity contribution < 1.29 is 14.9 Å². The SMILES string of the molecule is C=CCn1c(O)c2c(c1O)C1([Si](CC)(CC)CC)CC2C2OC21. The first kappa shape index (κ1) is 15.3. The lowest BCUT2D eigenvalue weighted by atomic mass is 9.94. The van der Waals surface area contributed by atoms with Crippen molar-refractivity contribution in [3.8, 4) is 11.8 Å². The fourth-order valence-electron chi connectivity index (χ4n) is 6.10. The van der Waals surface area contributed by atoms with Crippen molar-refractivity contribution >= 4 is 8.07 Å². The molecule has 2 fully saturated rings. The second kappa shape index (κ2) is 4.67. The summed E-state index contributed by atoms with van der Waals surface area (Å²) in [5.74, 6) is 0.772. The summed E-state index contributed by atoms with van der Waals surface area (Å²) >= 11 is 0. The molecule has 2 bridgehead atoms. The van der Waals surface area contributed by atoms with E-state index < -0.39 is 8.07 Å². The molecule has 23 heavy (non-hydrogen) atoms. The molecule has 3 aliphatic rings.